The van der Waals surface area contributed by atoms with Crippen LogP contribution in [-0.4, -0.2) is 48.5 Å². The highest BCUT2D eigenvalue weighted by Gasteiger charge is 2.34. The Morgan fingerprint density at radius 1 is 0.500 bits per heavy atom. The second-order valence-corrected chi connectivity index (χ2v) is 18.8. The van der Waals surface area contributed by atoms with E-state index in [4.69, 9.17) is 9.47 Å². The van der Waals surface area contributed by atoms with E-state index in [2.05, 4.69) is 137 Å². The number of aliphatic hydroxyl groups is 1. The summed E-state index contributed by atoms with van der Waals surface area (Å²) in [6, 6.07) is 52.3. The van der Waals surface area contributed by atoms with Gasteiger partial charge < -0.3 is 19.3 Å². The average Bonchev–Trinajstić information content (AvgIpc) is 3.40. The number of hydrogen-bond donors (Lipinski definition) is 1. The monoisotopic (exact) mass is 934 g/mol. The van der Waals surface area contributed by atoms with Crippen LogP contribution >= 0.6 is 0 Å². The summed E-state index contributed by atoms with van der Waals surface area (Å²) in [7, 11) is 1.32. The lowest BCUT2D eigenvalue weighted by molar-refractivity contribution is 0.0592. The number of carbonyl (C=O) groups excluding carboxylic acids is 1. The first kappa shape index (κ1) is 50.3. The summed E-state index contributed by atoms with van der Waals surface area (Å²) in [5, 5.41) is 26.8. The molecule has 11 heteroatoms. The van der Waals surface area contributed by atoms with Crippen molar-refractivity contribution in [2.45, 2.75) is 85.0 Å². The second kappa shape index (κ2) is 22.2. The highest BCUT2D eigenvalue weighted by atomic mass is 16.5. The molecule has 4 aromatic carbocycles. The molecule has 8 rings (SSSR count). The molecule has 11 nitrogen and oxygen atoms in total. The molecular formula is C59H62N6O5. The van der Waals surface area contributed by atoms with Gasteiger partial charge in [-0.1, -0.05) is 126 Å². The Labute approximate surface area is 412 Å². The first-order valence-electron chi connectivity index (χ1n) is 23.6. The Morgan fingerprint density at radius 3 is 1.21 bits per heavy atom. The van der Waals surface area contributed by atoms with Crippen LogP contribution in [-0.2, 0) is 34.4 Å². The fourth-order valence-corrected chi connectivity index (χ4v) is 8.23. The van der Waals surface area contributed by atoms with Gasteiger partial charge in [-0.15, -0.1) is 10.2 Å². The van der Waals surface area contributed by atoms with E-state index < -0.39 is 11.6 Å². The molecule has 4 heterocycles. The average molecular weight is 935 g/mol. The number of ether oxygens (including phenoxy) is 3. The first-order chi connectivity index (χ1) is 33.6. The molecule has 0 spiro atoms. The Bertz CT molecular complexity index is 2890. The molecule has 8 aromatic rings. The molecule has 0 fully saturated rings. The van der Waals surface area contributed by atoms with Crippen LogP contribution in [0.5, 0.6) is 11.5 Å². The van der Waals surface area contributed by atoms with Crippen molar-refractivity contribution >= 4 is 5.97 Å². The molecule has 4 aromatic heterocycles. The molecule has 0 aliphatic rings. The van der Waals surface area contributed by atoms with Crippen LogP contribution in [0.25, 0.3) is 22.5 Å². The van der Waals surface area contributed by atoms with Gasteiger partial charge in [0, 0.05) is 34.4 Å². The third-order valence-electron chi connectivity index (χ3n) is 13.4. The summed E-state index contributed by atoms with van der Waals surface area (Å²) in [6.45, 7) is 17.8. The van der Waals surface area contributed by atoms with Crippen LogP contribution < -0.4 is 9.47 Å². The van der Waals surface area contributed by atoms with Gasteiger partial charge in [-0.25, -0.2) is 4.79 Å². The van der Waals surface area contributed by atoms with Crippen LogP contribution in [0, 0.1) is 11.8 Å². The van der Waals surface area contributed by atoms with Gasteiger partial charge in [0.1, 0.15) is 30.3 Å². The fourth-order valence-electron chi connectivity index (χ4n) is 8.23. The summed E-state index contributed by atoms with van der Waals surface area (Å²) in [5.74, 6) is 1.87. The lowest BCUT2D eigenvalue weighted by Crippen LogP contribution is -2.30. The SMILES string of the molecule is CC(C)C(C)(c1ccc(OCc2ccccn2)cc1)c1ccc(-c2ccc(C(C)(C)O)nn2)cc1.COC(=O)c1ccc(-c2ccc(C(C)(c3ccc(OCc4ccccn4)cc3)C(C)C)cc2)nn1. The zero-order chi connectivity index (χ0) is 49.9. The molecule has 2 atom stereocenters. The van der Waals surface area contributed by atoms with Crippen molar-refractivity contribution in [2.24, 2.45) is 11.8 Å². The smallest absolute Gasteiger partial charge is 0.358 e. The summed E-state index contributed by atoms with van der Waals surface area (Å²) in [5.41, 5.74) is 9.47. The molecule has 0 amide bonds. The topological polar surface area (TPSA) is 142 Å². The van der Waals surface area contributed by atoms with E-state index in [9.17, 15) is 9.90 Å². The van der Waals surface area contributed by atoms with E-state index in [0.29, 0.717) is 36.4 Å². The zero-order valence-electron chi connectivity index (χ0n) is 41.5. The number of nitrogens with zero attached hydrogens (tertiary/aromatic N) is 6. The quantitative estimate of drug-likeness (QED) is 0.0925. The predicted molar refractivity (Wildman–Crippen MR) is 274 cm³/mol. The third-order valence-corrected chi connectivity index (χ3v) is 13.4. The molecule has 0 bridgehead atoms. The molecule has 0 aliphatic carbocycles. The van der Waals surface area contributed by atoms with E-state index in [1.54, 1.807) is 38.4 Å². The first-order valence-corrected chi connectivity index (χ1v) is 23.6. The number of aromatic nitrogens is 6. The largest absolute Gasteiger partial charge is 0.487 e. The minimum absolute atomic E-state index is 0.172. The normalized spacial score (nSPS) is 13.1. The van der Waals surface area contributed by atoms with Crippen molar-refractivity contribution < 1.29 is 24.1 Å². The van der Waals surface area contributed by atoms with Crippen molar-refractivity contribution in [1.82, 2.24) is 30.4 Å². The number of hydrogen-bond acceptors (Lipinski definition) is 11. The van der Waals surface area contributed by atoms with E-state index in [0.717, 1.165) is 39.7 Å². The van der Waals surface area contributed by atoms with Crippen LogP contribution in [0.15, 0.2) is 170 Å². The second-order valence-electron chi connectivity index (χ2n) is 18.8. The number of pyridine rings is 2. The third kappa shape index (κ3) is 11.8. The predicted octanol–water partition coefficient (Wildman–Crippen LogP) is 12.2. The molecule has 0 saturated heterocycles. The van der Waals surface area contributed by atoms with Crippen molar-refractivity contribution in [2.75, 3.05) is 7.11 Å². The maximum Gasteiger partial charge on any atom is 0.358 e. The van der Waals surface area contributed by atoms with E-state index >= 15 is 0 Å². The molecule has 70 heavy (non-hydrogen) atoms. The lowest BCUT2D eigenvalue weighted by Gasteiger charge is -2.35. The number of methoxy groups -OCH3 is 1. The summed E-state index contributed by atoms with van der Waals surface area (Å²) in [4.78, 5) is 20.2. The van der Waals surface area contributed by atoms with Gasteiger partial charge >= 0.3 is 5.97 Å². The molecule has 358 valence electrons. The number of carbonyl (C=O) groups is 1. The number of benzene rings is 4. The van der Waals surface area contributed by atoms with Gasteiger partial charge in [-0.3, -0.25) is 9.97 Å². The number of esters is 1. The zero-order valence-corrected chi connectivity index (χ0v) is 41.5. The van der Waals surface area contributed by atoms with Crippen molar-refractivity contribution in [3.05, 3.63) is 215 Å². The van der Waals surface area contributed by atoms with Gasteiger partial charge in [0.15, 0.2) is 5.69 Å². The standard InChI is InChI=1S/C30H33N3O2.C29H29N3O3/c1-21(2)30(5,24-13-15-26(16-14-24)35-20-25-8-6-7-19-31-25)23-11-9-22(10-12-23)27-17-18-28(33-32-27)29(3,4)34;1-20(2)29(3,23-12-14-25(15-13-23)35-19-24-7-5-6-18-30-24)22-10-8-21(9-11-22)26-16-17-27(32-31-26)28(33)34-4/h6-19,21,34H,20H2,1-5H3;5-18,20H,19H2,1-4H3. The summed E-state index contributed by atoms with van der Waals surface area (Å²) < 4.78 is 16.5. The highest BCUT2D eigenvalue weighted by Crippen LogP contribution is 2.42. The maximum atomic E-state index is 11.6. The minimum Gasteiger partial charge on any atom is -0.487 e. The van der Waals surface area contributed by atoms with Crippen LogP contribution in [0.3, 0.4) is 0 Å². The fraction of sp³-hybridized carbons (Fsp3) is 0.271. The molecule has 0 saturated carbocycles. The molecule has 0 radical (unpaired) electrons. The van der Waals surface area contributed by atoms with Gasteiger partial charge in [0.25, 0.3) is 0 Å². The summed E-state index contributed by atoms with van der Waals surface area (Å²) in [6.07, 6.45) is 3.55. The van der Waals surface area contributed by atoms with Gasteiger partial charge in [-0.2, -0.15) is 10.2 Å². The molecule has 2 unspecified atom stereocenters. The van der Waals surface area contributed by atoms with Crippen molar-refractivity contribution in [3.8, 4) is 34.0 Å². The number of rotatable bonds is 16. The Kier molecular flexibility index (Phi) is 15.9. The van der Waals surface area contributed by atoms with Crippen LogP contribution in [0.2, 0.25) is 0 Å². The van der Waals surface area contributed by atoms with E-state index in [1.807, 2.05) is 84.9 Å². The Hall–Kier alpha value is -7.63. The van der Waals surface area contributed by atoms with Crippen molar-refractivity contribution in [3.63, 3.8) is 0 Å². The van der Waals surface area contributed by atoms with Gasteiger partial charge in [0.05, 0.1) is 35.6 Å². The van der Waals surface area contributed by atoms with Crippen LogP contribution in [0.4, 0.5) is 0 Å². The summed E-state index contributed by atoms with van der Waals surface area (Å²) >= 11 is 0. The molecular weight excluding hydrogens is 873 g/mol. The van der Waals surface area contributed by atoms with E-state index in [1.165, 1.54) is 29.4 Å². The Balaban J connectivity index is 0.000000206. The molecule has 1 N–H and O–H groups in total. The van der Waals surface area contributed by atoms with Gasteiger partial charge in [-0.05, 0) is 121 Å². The Morgan fingerprint density at radius 2 is 0.900 bits per heavy atom. The van der Waals surface area contributed by atoms with Crippen LogP contribution in [0.1, 0.15) is 105 Å². The minimum atomic E-state index is -1.01. The lowest BCUT2D eigenvalue weighted by atomic mass is 9.68. The van der Waals surface area contributed by atoms with Gasteiger partial charge in [0.2, 0.25) is 0 Å². The van der Waals surface area contributed by atoms with Crippen molar-refractivity contribution in [1.29, 1.82) is 0 Å². The van der Waals surface area contributed by atoms with E-state index in [-0.39, 0.29) is 16.5 Å². The highest BCUT2D eigenvalue weighted by molar-refractivity contribution is 5.87. The molecule has 0 aliphatic heterocycles. The maximum absolute atomic E-state index is 11.6.